The van der Waals surface area contributed by atoms with Gasteiger partial charge in [0.1, 0.15) is 0 Å². The summed E-state index contributed by atoms with van der Waals surface area (Å²) in [6.07, 6.45) is 1.81. The van der Waals surface area contributed by atoms with Gasteiger partial charge in [-0.2, -0.15) is 0 Å². The maximum absolute atomic E-state index is 5.81. The molecule has 0 aliphatic carbocycles. The molecule has 4 heteroatoms. The summed E-state index contributed by atoms with van der Waals surface area (Å²) in [7, 11) is 2.10. The molecule has 2 N–H and O–H groups in total. The van der Waals surface area contributed by atoms with Crippen molar-refractivity contribution in [3.63, 3.8) is 0 Å². The Bertz CT molecular complexity index is 260. The van der Waals surface area contributed by atoms with Crippen LogP contribution in [0.25, 0.3) is 0 Å². The van der Waals surface area contributed by atoms with Gasteiger partial charge < -0.3 is 10.3 Å². The van der Waals surface area contributed by atoms with E-state index in [-0.39, 0.29) is 0 Å². The fraction of sp³-hybridized carbons (Fsp3) is 0.600. The van der Waals surface area contributed by atoms with Crippen LogP contribution in [0.4, 0.5) is 0 Å². The SMILES string of the molecule is CCNCCN(C)Cc1cc(Cl)c[nH]1. The van der Waals surface area contributed by atoms with Crippen molar-refractivity contribution in [2.45, 2.75) is 13.5 Å². The van der Waals surface area contributed by atoms with Gasteiger partial charge in [-0.3, -0.25) is 4.90 Å². The van der Waals surface area contributed by atoms with Gasteiger partial charge in [0.2, 0.25) is 0 Å². The molecule has 14 heavy (non-hydrogen) atoms. The Balaban J connectivity index is 2.23. The lowest BCUT2D eigenvalue weighted by Gasteiger charge is -2.15. The van der Waals surface area contributed by atoms with Crippen LogP contribution in [0.5, 0.6) is 0 Å². The molecule has 0 aromatic carbocycles. The van der Waals surface area contributed by atoms with Crippen molar-refractivity contribution >= 4 is 11.6 Å². The molecule has 3 nitrogen and oxygen atoms in total. The molecule has 80 valence electrons. The molecule has 0 atom stereocenters. The molecule has 0 bridgehead atoms. The topological polar surface area (TPSA) is 31.1 Å². The molecule has 1 rings (SSSR count). The minimum absolute atomic E-state index is 0.778. The third kappa shape index (κ3) is 4.13. The number of likely N-dealkylation sites (N-methyl/N-ethyl adjacent to an activating group) is 2. The van der Waals surface area contributed by atoms with E-state index < -0.39 is 0 Å². The Labute approximate surface area is 90.4 Å². The molecule has 0 fully saturated rings. The number of rotatable bonds is 6. The lowest BCUT2D eigenvalue weighted by Crippen LogP contribution is -2.28. The zero-order valence-electron chi connectivity index (χ0n) is 8.81. The van der Waals surface area contributed by atoms with E-state index in [9.17, 15) is 0 Å². The van der Waals surface area contributed by atoms with Crippen molar-refractivity contribution < 1.29 is 0 Å². The van der Waals surface area contributed by atoms with Crippen LogP contribution >= 0.6 is 11.6 Å². The van der Waals surface area contributed by atoms with E-state index in [2.05, 4.69) is 29.2 Å². The Hall–Kier alpha value is -0.510. The zero-order chi connectivity index (χ0) is 10.4. The first kappa shape index (κ1) is 11.6. The number of hydrogen-bond acceptors (Lipinski definition) is 2. The van der Waals surface area contributed by atoms with E-state index in [0.29, 0.717) is 0 Å². The normalized spacial score (nSPS) is 11.1. The average Bonchev–Trinajstić information content (AvgIpc) is 2.52. The lowest BCUT2D eigenvalue weighted by molar-refractivity contribution is 0.322. The van der Waals surface area contributed by atoms with E-state index in [0.717, 1.165) is 36.9 Å². The highest BCUT2D eigenvalue weighted by Gasteiger charge is 2.01. The number of halogens is 1. The summed E-state index contributed by atoms with van der Waals surface area (Å²) in [6.45, 7) is 6.14. The van der Waals surface area contributed by atoms with Gasteiger partial charge in [-0.15, -0.1) is 0 Å². The molecule has 1 aromatic rings. The van der Waals surface area contributed by atoms with Crippen LogP contribution in [0, 0.1) is 0 Å². The summed E-state index contributed by atoms with van der Waals surface area (Å²) < 4.78 is 0. The molecule has 0 amide bonds. The van der Waals surface area contributed by atoms with Gasteiger partial charge >= 0.3 is 0 Å². The van der Waals surface area contributed by atoms with Gasteiger partial charge in [-0.05, 0) is 19.7 Å². The molecule has 0 aliphatic heterocycles. The summed E-state index contributed by atoms with van der Waals surface area (Å²) in [5, 5.41) is 4.07. The molecule has 0 radical (unpaired) electrons. The zero-order valence-corrected chi connectivity index (χ0v) is 9.56. The lowest BCUT2D eigenvalue weighted by atomic mass is 10.4. The van der Waals surface area contributed by atoms with Gasteiger partial charge in [-0.25, -0.2) is 0 Å². The maximum Gasteiger partial charge on any atom is 0.0583 e. The minimum Gasteiger partial charge on any atom is -0.363 e. The second-order valence-electron chi connectivity index (χ2n) is 3.43. The Kier molecular flexibility index (Phi) is 5.01. The number of nitrogens with zero attached hydrogens (tertiary/aromatic N) is 1. The second-order valence-corrected chi connectivity index (χ2v) is 3.87. The summed E-state index contributed by atoms with van der Waals surface area (Å²) in [5.74, 6) is 0. The summed E-state index contributed by atoms with van der Waals surface area (Å²) >= 11 is 5.81. The predicted molar refractivity (Wildman–Crippen MR) is 60.7 cm³/mol. The van der Waals surface area contributed by atoms with Gasteiger partial charge in [0.05, 0.1) is 5.02 Å². The second kappa shape index (κ2) is 6.06. The molecular formula is C10H18ClN3. The summed E-state index contributed by atoms with van der Waals surface area (Å²) in [5.41, 5.74) is 1.16. The molecule has 1 aromatic heterocycles. The Morgan fingerprint density at radius 3 is 2.93 bits per heavy atom. The van der Waals surface area contributed by atoms with Crippen molar-refractivity contribution in [1.29, 1.82) is 0 Å². The molecule has 0 saturated carbocycles. The Morgan fingerprint density at radius 1 is 1.57 bits per heavy atom. The minimum atomic E-state index is 0.778. The summed E-state index contributed by atoms with van der Waals surface area (Å²) in [4.78, 5) is 5.39. The molecule has 1 heterocycles. The van der Waals surface area contributed by atoms with Crippen LogP contribution in [-0.2, 0) is 6.54 Å². The third-order valence-electron chi connectivity index (χ3n) is 2.07. The van der Waals surface area contributed by atoms with Crippen LogP contribution in [-0.4, -0.2) is 36.6 Å². The number of nitrogens with one attached hydrogen (secondary N) is 2. The van der Waals surface area contributed by atoms with Crippen molar-refractivity contribution in [1.82, 2.24) is 15.2 Å². The van der Waals surface area contributed by atoms with Crippen molar-refractivity contribution in [2.75, 3.05) is 26.7 Å². The van der Waals surface area contributed by atoms with Crippen molar-refractivity contribution in [2.24, 2.45) is 0 Å². The first-order valence-corrected chi connectivity index (χ1v) is 5.32. The average molecular weight is 216 g/mol. The first-order valence-electron chi connectivity index (χ1n) is 4.94. The van der Waals surface area contributed by atoms with Gasteiger partial charge in [0.25, 0.3) is 0 Å². The van der Waals surface area contributed by atoms with Gasteiger partial charge in [0.15, 0.2) is 0 Å². The number of aromatic amines is 1. The highest BCUT2D eigenvalue weighted by molar-refractivity contribution is 6.30. The summed E-state index contributed by atoms with van der Waals surface area (Å²) in [6, 6.07) is 1.96. The molecule has 0 unspecified atom stereocenters. The van der Waals surface area contributed by atoms with Crippen molar-refractivity contribution in [3.05, 3.63) is 23.0 Å². The van der Waals surface area contributed by atoms with Gasteiger partial charge in [-0.1, -0.05) is 18.5 Å². The van der Waals surface area contributed by atoms with Crippen molar-refractivity contribution in [3.8, 4) is 0 Å². The molecule has 0 spiro atoms. The highest BCUT2D eigenvalue weighted by atomic mass is 35.5. The smallest absolute Gasteiger partial charge is 0.0583 e. The van der Waals surface area contributed by atoms with E-state index in [1.807, 2.05) is 12.3 Å². The number of hydrogen-bond donors (Lipinski definition) is 2. The van der Waals surface area contributed by atoms with Crippen LogP contribution in [0.3, 0.4) is 0 Å². The predicted octanol–water partition coefficient (Wildman–Crippen LogP) is 1.71. The molecule has 0 saturated heterocycles. The maximum atomic E-state index is 5.81. The molecule has 0 aliphatic rings. The standard InChI is InChI=1S/C10H18ClN3/c1-3-12-4-5-14(2)8-10-6-9(11)7-13-10/h6-7,12-13H,3-5,8H2,1-2H3. The van der Waals surface area contributed by atoms with Crippen LogP contribution in [0.1, 0.15) is 12.6 Å². The van der Waals surface area contributed by atoms with Crippen LogP contribution in [0.2, 0.25) is 5.02 Å². The monoisotopic (exact) mass is 215 g/mol. The number of aromatic nitrogens is 1. The van der Waals surface area contributed by atoms with Crippen LogP contribution < -0.4 is 5.32 Å². The first-order chi connectivity index (χ1) is 6.72. The largest absolute Gasteiger partial charge is 0.363 e. The fourth-order valence-electron chi connectivity index (χ4n) is 1.32. The fourth-order valence-corrected chi connectivity index (χ4v) is 1.51. The van der Waals surface area contributed by atoms with Gasteiger partial charge in [0, 0.05) is 31.5 Å². The van der Waals surface area contributed by atoms with Crippen LogP contribution in [0.15, 0.2) is 12.3 Å². The molecular weight excluding hydrogens is 198 g/mol. The van der Waals surface area contributed by atoms with E-state index in [1.165, 1.54) is 0 Å². The van der Waals surface area contributed by atoms with E-state index in [1.54, 1.807) is 0 Å². The third-order valence-corrected chi connectivity index (χ3v) is 2.29. The van der Waals surface area contributed by atoms with E-state index >= 15 is 0 Å². The highest BCUT2D eigenvalue weighted by Crippen LogP contribution is 2.10. The Morgan fingerprint density at radius 2 is 2.36 bits per heavy atom. The van der Waals surface area contributed by atoms with E-state index in [4.69, 9.17) is 11.6 Å². The quantitative estimate of drug-likeness (QED) is 0.708. The number of H-pyrrole nitrogens is 1.